The Kier molecular flexibility index (Phi) is 8.17. The molecule has 7 atom stereocenters. The van der Waals surface area contributed by atoms with Crippen molar-refractivity contribution in [1.82, 2.24) is 16.0 Å². The number of rotatable bonds is 7. The molecule has 1 aliphatic carbocycles. The summed E-state index contributed by atoms with van der Waals surface area (Å²) in [5.41, 5.74) is 1.54. The van der Waals surface area contributed by atoms with Crippen LogP contribution in [-0.2, 0) is 9.59 Å². The van der Waals surface area contributed by atoms with Crippen LogP contribution in [0.5, 0.6) is 0 Å². The Morgan fingerprint density at radius 1 is 1.19 bits per heavy atom. The van der Waals surface area contributed by atoms with Crippen LogP contribution in [0.15, 0.2) is 47.1 Å². The van der Waals surface area contributed by atoms with E-state index >= 15 is 0 Å². The fraction of sp³-hybridized carbons (Fsp3) is 0.556. The quantitative estimate of drug-likeness (QED) is 0.368. The SMILES string of the molecule is CC(C)(C)C[C@H]1N[C@@H](C(=O)NCC[C@H](O)CO)[C@H](c2cccc(Cl)c2)[C@@H]2C(=O)NC3=CC(Cl)=CC2C31. The Morgan fingerprint density at radius 2 is 1.94 bits per heavy atom. The average molecular weight is 537 g/mol. The highest BCUT2D eigenvalue weighted by Gasteiger charge is 2.55. The third-order valence-electron chi connectivity index (χ3n) is 7.31. The maximum absolute atomic E-state index is 13.7. The first-order valence-corrected chi connectivity index (χ1v) is 13.2. The number of hydrogen-bond acceptors (Lipinski definition) is 5. The lowest BCUT2D eigenvalue weighted by molar-refractivity contribution is -0.129. The number of hydrogen-bond donors (Lipinski definition) is 5. The molecule has 2 amide bonds. The summed E-state index contributed by atoms with van der Waals surface area (Å²) in [5.74, 6) is -1.70. The van der Waals surface area contributed by atoms with Crippen molar-refractivity contribution in [2.24, 2.45) is 23.2 Å². The van der Waals surface area contributed by atoms with Gasteiger partial charge in [-0.15, -0.1) is 0 Å². The van der Waals surface area contributed by atoms with Crippen LogP contribution >= 0.6 is 23.2 Å². The molecule has 2 unspecified atom stereocenters. The molecule has 2 saturated heterocycles. The van der Waals surface area contributed by atoms with E-state index in [1.165, 1.54) is 0 Å². The van der Waals surface area contributed by atoms with E-state index in [0.717, 1.165) is 17.7 Å². The molecule has 0 saturated carbocycles. The van der Waals surface area contributed by atoms with Crippen LogP contribution in [0.1, 0.15) is 45.1 Å². The van der Waals surface area contributed by atoms with Gasteiger partial charge in [-0.3, -0.25) is 9.59 Å². The van der Waals surface area contributed by atoms with Crippen molar-refractivity contribution >= 4 is 35.0 Å². The predicted molar refractivity (Wildman–Crippen MR) is 140 cm³/mol. The molecule has 9 heteroatoms. The Hall–Kier alpha value is -1.90. The highest BCUT2D eigenvalue weighted by Crippen LogP contribution is 2.50. The van der Waals surface area contributed by atoms with Crippen LogP contribution < -0.4 is 16.0 Å². The average Bonchev–Trinajstić information content (AvgIpc) is 2.88. The number of aliphatic hydroxyl groups is 2. The standard InChI is InChI=1S/C27H35Cl2N3O4/c1-27(2,3)12-20-22-18-10-16(29)11-19(22)32-25(35)23(18)21(14-5-4-6-15(28)9-14)24(31-20)26(36)30-8-7-17(34)13-33/h4-6,9-11,17-18,20-24,31,33-34H,7-8,12-13H2,1-3H3,(H,30,36)(H,32,35)/t17-,18?,20+,21+,22?,23+,24+/m0/s1. The van der Waals surface area contributed by atoms with Crippen molar-refractivity contribution in [2.75, 3.05) is 13.2 Å². The number of carbonyl (C=O) groups is 2. The molecule has 1 aromatic rings. The first kappa shape index (κ1) is 27.1. The molecule has 4 rings (SSSR count). The van der Waals surface area contributed by atoms with Gasteiger partial charge in [-0.25, -0.2) is 0 Å². The van der Waals surface area contributed by atoms with Gasteiger partial charge in [0.15, 0.2) is 0 Å². The highest BCUT2D eigenvalue weighted by molar-refractivity contribution is 6.31. The normalized spacial score (nSPS) is 30.5. The van der Waals surface area contributed by atoms with Crippen molar-refractivity contribution in [3.05, 3.63) is 57.7 Å². The number of halogens is 2. The highest BCUT2D eigenvalue weighted by atomic mass is 35.5. The molecular weight excluding hydrogens is 501 g/mol. The molecule has 2 heterocycles. The summed E-state index contributed by atoms with van der Waals surface area (Å²) < 4.78 is 0. The molecule has 196 valence electrons. The Balaban J connectivity index is 1.80. The van der Waals surface area contributed by atoms with Crippen molar-refractivity contribution < 1.29 is 19.8 Å². The van der Waals surface area contributed by atoms with E-state index in [1.54, 1.807) is 6.07 Å². The summed E-state index contributed by atoms with van der Waals surface area (Å²) in [4.78, 5) is 27.3. The molecule has 2 aliphatic heterocycles. The fourth-order valence-electron chi connectivity index (χ4n) is 5.93. The summed E-state index contributed by atoms with van der Waals surface area (Å²) in [6.07, 6.45) is 3.87. The summed E-state index contributed by atoms with van der Waals surface area (Å²) in [7, 11) is 0. The number of nitrogens with one attached hydrogen (secondary N) is 3. The van der Waals surface area contributed by atoms with Crippen LogP contribution in [0, 0.1) is 23.2 Å². The van der Waals surface area contributed by atoms with Gasteiger partial charge in [-0.1, -0.05) is 62.2 Å². The van der Waals surface area contributed by atoms with Gasteiger partial charge in [0.1, 0.15) is 0 Å². The second-order valence-electron chi connectivity index (χ2n) is 11.3. The van der Waals surface area contributed by atoms with Gasteiger partial charge in [0, 0.05) is 46.1 Å². The van der Waals surface area contributed by atoms with E-state index in [2.05, 4.69) is 36.7 Å². The Bertz CT molecular complexity index is 1070. The maximum atomic E-state index is 13.7. The number of amides is 2. The van der Waals surface area contributed by atoms with Gasteiger partial charge in [0.25, 0.3) is 0 Å². The lowest BCUT2D eigenvalue weighted by Gasteiger charge is -2.44. The summed E-state index contributed by atoms with van der Waals surface area (Å²) >= 11 is 12.9. The van der Waals surface area contributed by atoms with Crippen molar-refractivity contribution in [3.63, 3.8) is 0 Å². The molecule has 1 aromatic carbocycles. The van der Waals surface area contributed by atoms with Crippen LogP contribution in [-0.4, -0.2) is 53.4 Å². The zero-order chi connectivity index (χ0) is 26.2. The van der Waals surface area contributed by atoms with E-state index in [1.807, 2.05) is 30.4 Å². The molecule has 0 aromatic heterocycles. The fourth-order valence-corrected chi connectivity index (χ4v) is 6.39. The van der Waals surface area contributed by atoms with E-state index in [9.17, 15) is 14.7 Å². The predicted octanol–water partition coefficient (Wildman–Crippen LogP) is 3.06. The number of piperidine rings is 1. The van der Waals surface area contributed by atoms with Crippen LogP contribution in [0.3, 0.4) is 0 Å². The van der Waals surface area contributed by atoms with Crippen molar-refractivity contribution in [3.8, 4) is 0 Å². The second kappa shape index (κ2) is 10.8. The van der Waals surface area contributed by atoms with Gasteiger partial charge in [-0.05, 0) is 42.0 Å². The third-order valence-corrected chi connectivity index (χ3v) is 7.78. The number of allylic oxidation sites excluding steroid dienone is 3. The summed E-state index contributed by atoms with van der Waals surface area (Å²) in [6.45, 7) is 6.30. The van der Waals surface area contributed by atoms with Crippen LogP contribution in [0.4, 0.5) is 0 Å². The second-order valence-corrected chi connectivity index (χ2v) is 12.2. The molecule has 4 bridgehead atoms. The number of benzene rings is 1. The van der Waals surface area contributed by atoms with Crippen molar-refractivity contribution in [1.29, 1.82) is 0 Å². The van der Waals surface area contributed by atoms with Crippen LogP contribution in [0.25, 0.3) is 0 Å². The van der Waals surface area contributed by atoms with Crippen LogP contribution in [0.2, 0.25) is 5.02 Å². The molecule has 2 fully saturated rings. The Labute approximate surface area is 222 Å². The minimum absolute atomic E-state index is 0.0425. The lowest BCUT2D eigenvalue weighted by Crippen LogP contribution is -2.53. The molecule has 0 radical (unpaired) electrons. The topological polar surface area (TPSA) is 111 Å². The van der Waals surface area contributed by atoms with Crippen molar-refractivity contribution in [2.45, 2.75) is 57.7 Å². The zero-order valence-electron chi connectivity index (χ0n) is 20.8. The molecular formula is C27H35Cl2N3O4. The van der Waals surface area contributed by atoms with Gasteiger partial charge in [-0.2, -0.15) is 0 Å². The molecule has 7 nitrogen and oxygen atoms in total. The zero-order valence-corrected chi connectivity index (χ0v) is 22.3. The molecule has 3 aliphatic rings. The van der Waals surface area contributed by atoms with Gasteiger partial charge < -0.3 is 26.2 Å². The third kappa shape index (κ3) is 5.81. The van der Waals surface area contributed by atoms with Gasteiger partial charge >= 0.3 is 0 Å². The van der Waals surface area contributed by atoms with E-state index in [0.29, 0.717) is 10.1 Å². The maximum Gasteiger partial charge on any atom is 0.237 e. The number of carbonyl (C=O) groups excluding carboxylic acids is 2. The lowest BCUT2D eigenvalue weighted by atomic mass is 9.64. The smallest absolute Gasteiger partial charge is 0.237 e. The van der Waals surface area contributed by atoms with E-state index in [-0.39, 0.29) is 54.7 Å². The van der Waals surface area contributed by atoms with Gasteiger partial charge in [0.05, 0.1) is 24.7 Å². The first-order valence-electron chi connectivity index (χ1n) is 12.5. The summed E-state index contributed by atoms with van der Waals surface area (Å²) in [5, 5.41) is 29.6. The minimum Gasteiger partial charge on any atom is -0.394 e. The number of aliphatic hydroxyl groups excluding tert-OH is 2. The largest absolute Gasteiger partial charge is 0.394 e. The first-order chi connectivity index (χ1) is 17.0. The monoisotopic (exact) mass is 535 g/mol. The summed E-state index contributed by atoms with van der Waals surface area (Å²) in [6, 6.07) is 6.48. The molecule has 5 N–H and O–H groups in total. The van der Waals surface area contributed by atoms with E-state index in [4.69, 9.17) is 28.3 Å². The molecule has 0 spiro atoms. The Morgan fingerprint density at radius 3 is 2.61 bits per heavy atom. The minimum atomic E-state index is -0.909. The van der Waals surface area contributed by atoms with E-state index < -0.39 is 24.0 Å². The van der Waals surface area contributed by atoms with Gasteiger partial charge in [0.2, 0.25) is 11.8 Å². The molecule has 36 heavy (non-hydrogen) atoms.